The third kappa shape index (κ3) is 5.89. The van der Waals surface area contributed by atoms with Gasteiger partial charge in [0.25, 0.3) is 0 Å². The van der Waals surface area contributed by atoms with Crippen molar-refractivity contribution >= 4 is 39.2 Å². The molecule has 5 nitrogen and oxygen atoms in total. The van der Waals surface area contributed by atoms with E-state index in [1.807, 2.05) is 30.3 Å². The number of aliphatic carboxylic acids is 1. The fraction of sp³-hybridized carbons (Fsp3) is 0.174. The molecule has 3 aromatic rings. The molecule has 0 amide bonds. The number of carboxylic acids is 1. The van der Waals surface area contributed by atoms with Gasteiger partial charge >= 0.3 is 5.97 Å². The van der Waals surface area contributed by atoms with Crippen LogP contribution in [0.15, 0.2) is 83.8 Å². The van der Waals surface area contributed by atoms with Crippen molar-refractivity contribution in [1.82, 2.24) is 0 Å². The highest BCUT2D eigenvalue weighted by Crippen LogP contribution is 2.32. The number of thioether (sulfide) groups is 1. The minimum atomic E-state index is -4.19. The van der Waals surface area contributed by atoms with Gasteiger partial charge in [0, 0.05) is 22.1 Å². The third-order valence-corrected chi connectivity index (χ3v) is 7.96. The van der Waals surface area contributed by atoms with Gasteiger partial charge in [0.15, 0.2) is 15.4 Å². The van der Waals surface area contributed by atoms with Gasteiger partial charge in [-0.25, -0.2) is 13.2 Å². The monoisotopic (exact) mass is 476 g/mol. The van der Waals surface area contributed by atoms with E-state index >= 15 is 0 Å². The predicted octanol–water partition coefficient (Wildman–Crippen LogP) is 4.53. The fourth-order valence-electron chi connectivity index (χ4n) is 3.08. The summed E-state index contributed by atoms with van der Waals surface area (Å²) in [4.78, 5) is 11.7. The van der Waals surface area contributed by atoms with Crippen LogP contribution in [0.5, 0.6) is 0 Å². The molecule has 8 heteroatoms. The van der Waals surface area contributed by atoms with E-state index in [0.717, 1.165) is 17.3 Å². The van der Waals surface area contributed by atoms with E-state index < -0.39 is 27.2 Å². The summed E-state index contributed by atoms with van der Waals surface area (Å²) in [5.74, 6) is -2.38. The van der Waals surface area contributed by atoms with E-state index in [1.165, 1.54) is 6.07 Å². The van der Waals surface area contributed by atoms with E-state index in [1.54, 1.807) is 42.5 Å². The number of hydrogen-bond acceptors (Lipinski definition) is 5. The van der Waals surface area contributed by atoms with Gasteiger partial charge in [-0.1, -0.05) is 78.3 Å². The van der Waals surface area contributed by atoms with Gasteiger partial charge in [0.05, 0.1) is 10.6 Å². The molecule has 3 rings (SSSR count). The summed E-state index contributed by atoms with van der Waals surface area (Å²) >= 11 is 7.21. The van der Waals surface area contributed by atoms with Crippen LogP contribution in [0.1, 0.15) is 5.56 Å². The predicted molar refractivity (Wildman–Crippen MR) is 124 cm³/mol. The summed E-state index contributed by atoms with van der Waals surface area (Å²) in [7, 11) is -4.19. The highest BCUT2D eigenvalue weighted by molar-refractivity contribution is 7.98. The molecular weight excluding hydrogens is 456 g/mol. The maximum atomic E-state index is 13.2. The second-order valence-electron chi connectivity index (χ2n) is 7.08. The van der Waals surface area contributed by atoms with Crippen molar-refractivity contribution in [3.8, 4) is 11.1 Å². The molecule has 0 fully saturated rings. The molecule has 31 heavy (non-hydrogen) atoms. The van der Waals surface area contributed by atoms with Crippen LogP contribution in [0, 0.1) is 0 Å². The highest BCUT2D eigenvalue weighted by Gasteiger charge is 2.42. The average Bonchev–Trinajstić information content (AvgIpc) is 2.74. The maximum Gasteiger partial charge on any atom is 0.337 e. The molecule has 2 N–H and O–H groups in total. The maximum absolute atomic E-state index is 13.2. The molecule has 0 bridgehead atoms. The zero-order valence-electron chi connectivity index (χ0n) is 16.4. The first-order valence-electron chi connectivity index (χ1n) is 9.36. The average molecular weight is 477 g/mol. The minimum absolute atomic E-state index is 0.112. The fourth-order valence-corrected chi connectivity index (χ4v) is 6.38. The highest BCUT2D eigenvalue weighted by atomic mass is 35.5. The molecule has 0 heterocycles. The van der Waals surface area contributed by atoms with Crippen LogP contribution in [-0.2, 0) is 20.4 Å². The lowest BCUT2D eigenvalue weighted by molar-refractivity contribution is -0.153. The summed E-state index contributed by atoms with van der Waals surface area (Å²) in [5.41, 5.74) is -0.455. The van der Waals surface area contributed by atoms with Crippen LogP contribution >= 0.6 is 23.4 Å². The SMILES string of the molecule is O=C(O)C(O)(CSCc1ccccc1)CS(=O)(=O)c1cc(Cl)ccc1-c1ccccc1. The van der Waals surface area contributed by atoms with E-state index in [-0.39, 0.29) is 15.7 Å². The van der Waals surface area contributed by atoms with Crippen LogP contribution in [-0.4, -0.2) is 41.7 Å². The van der Waals surface area contributed by atoms with Crippen LogP contribution in [0.3, 0.4) is 0 Å². The molecule has 0 saturated carbocycles. The van der Waals surface area contributed by atoms with Crippen molar-refractivity contribution in [1.29, 1.82) is 0 Å². The Balaban J connectivity index is 1.88. The van der Waals surface area contributed by atoms with Gasteiger partial charge in [0.2, 0.25) is 0 Å². The Morgan fingerprint density at radius 2 is 1.58 bits per heavy atom. The number of benzene rings is 3. The Hall–Kier alpha value is -2.32. The Morgan fingerprint density at radius 1 is 0.968 bits per heavy atom. The quantitative estimate of drug-likeness (QED) is 0.471. The van der Waals surface area contributed by atoms with Crippen molar-refractivity contribution in [2.24, 2.45) is 0 Å². The minimum Gasteiger partial charge on any atom is -0.479 e. The van der Waals surface area contributed by atoms with Gasteiger partial charge in [-0.05, 0) is 23.3 Å². The van der Waals surface area contributed by atoms with Crippen LogP contribution in [0.4, 0.5) is 0 Å². The Bertz CT molecular complexity index is 1150. The van der Waals surface area contributed by atoms with E-state index in [0.29, 0.717) is 16.9 Å². The number of halogens is 1. The van der Waals surface area contributed by atoms with E-state index in [9.17, 15) is 23.4 Å². The normalized spacial score (nSPS) is 13.5. The largest absolute Gasteiger partial charge is 0.479 e. The number of carbonyl (C=O) groups is 1. The van der Waals surface area contributed by atoms with Crippen molar-refractivity contribution in [3.05, 3.63) is 89.4 Å². The summed E-state index contributed by atoms with van der Waals surface area (Å²) in [6.45, 7) is 0. The number of sulfone groups is 1. The molecule has 0 aliphatic carbocycles. The molecule has 162 valence electrons. The standard InChI is InChI=1S/C23H21ClO5S2/c24-19-11-12-20(18-9-5-2-6-10-18)21(13-19)31(28,29)16-23(27,22(25)26)15-30-14-17-7-3-1-4-8-17/h1-13,27H,14-16H2,(H,25,26). The number of carboxylic acid groups (broad SMARTS) is 1. The second kappa shape index (κ2) is 9.87. The molecule has 0 spiro atoms. The number of aliphatic hydroxyl groups is 1. The molecular formula is C23H21ClO5S2. The van der Waals surface area contributed by atoms with Gasteiger partial charge in [-0.3, -0.25) is 0 Å². The first-order chi connectivity index (χ1) is 14.7. The number of rotatable bonds is 9. The first kappa shape index (κ1) is 23.3. The summed E-state index contributed by atoms with van der Waals surface area (Å²) in [6, 6.07) is 22.6. The van der Waals surface area contributed by atoms with Crippen LogP contribution < -0.4 is 0 Å². The summed E-state index contributed by atoms with van der Waals surface area (Å²) in [5, 5.41) is 20.6. The van der Waals surface area contributed by atoms with Gasteiger partial charge in [0.1, 0.15) is 0 Å². The topological polar surface area (TPSA) is 91.7 Å². The molecule has 0 saturated heterocycles. The molecule has 0 aromatic heterocycles. The van der Waals surface area contributed by atoms with Gasteiger partial charge in [-0.15, -0.1) is 0 Å². The summed E-state index contributed by atoms with van der Waals surface area (Å²) in [6.07, 6.45) is 0. The molecule has 1 unspecified atom stereocenters. The second-order valence-corrected chi connectivity index (χ2v) is 10.5. The van der Waals surface area contributed by atoms with Crippen molar-refractivity contribution in [2.45, 2.75) is 16.2 Å². The van der Waals surface area contributed by atoms with Crippen LogP contribution in [0.2, 0.25) is 5.02 Å². The van der Waals surface area contributed by atoms with Crippen molar-refractivity contribution < 1.29 is 23.4 Å². The lowest BCUT2D eigenvalue weighted by Gasteiger charge is -2.23. The molecule has 0 radical (unpaired) electrons. The molecule has 0 aliphatic heterocycles. The zero-order valence-corrected chi connectivity index (χ0v) is 18.8. The lowest BCUT2D eigenvalue weighted by atomic mass is 10.1. The Kier molecular flexibility index (Phi) is 7.43. The molecule has 0 aliphatic rings. The molecule has 1 atom stereocenters. The molecule has 3 aromatic carbocycles. The van der Waals surface area contributed by atoms with E-state index in [4.69, 9.17) is 11.6 Å². The van der Waals surface area contributed by atoms with Gasteiger partial charge < -0.3 is 10.2 Å². The van der Waals surface area contributed by atoms with Gasteiger partial charge in [-0.2, -0.15) is 11.8 Å². The Morgan fingerprint density at radius 3 is 2.19 bits per heavy atom. The van der Waals surface area contributed by atoms with E-state index in [2.05, 4.69) is 0 Å². The van der Waals surface area contributed by atoms with Crippen molar-refractivity contribution in [2.75, 3.05) is 11.5 Å². The first-order valence-corrected chi connectivity index (χ1v) is 12.5. The zero-order chi connectivity index (χ0) is 22.5. The Labute approximate surface area is 190 Å². The number of hydrogen-bond donors (Lipinski definition) is 2. The third-order valence-electron chi connectivity index (χ3n) is 4.64. The smallest absolute Gasteiger partial charge is 0.337 e. The van der Waals surface area contributed by atoms with Crippen LogP contribution in [0.25, 0.3) is 11.1 Å². The lowest BCUT2D eigenvalue weighted by Crippen LogP contribution is -2.47. The summed E-state index contributed by atoms with van der Waals surface area (Å²) < 4.78 is 26.5. The van der Waals surface area contributed by atoms with Crippen molar-refractivity contribution in [3.63, 3.8) is 0 Å².